The van der Waals surface area contributed by atoms with Crippen molar-refractivity contribution in [2.45, 2.75) is 6.54 Å². The fraction of sp³-hybridized carbons (Fsp3) is 0.118. The zero-order valence-electron chi connectivity index (χ0n) is 12.9. The third-order valence-corrected chi connectivity index (χ3v) is 4.28. The first-order valence-corrected chi connectivity index (χ1v) is 8.10. The maximum absolute atomic E-state index is 12.3. The van der Waals surface area contributed by atoms with Crippen molar-refractivity contribution in [3.8, 4) is 16.3 Å². The molecule has 122 valence electrons. The number of nitrogens with one attached hydrogen (secondary N) is 2. The first-order valence-electron chi connectivity index (χ1n) is 7.22. The van der Waals surface area contributed by atoms with Crippen LogP contribution in [-0.4, -0.2) is 23.0 Å². The van der Waals surface area contributed by atoms with Crippen LogP contribution in [0.5, 0.6) is 5.75 Å². The van der Waals surface area contributed by atoms with E-state index in [0.29, 0.717) is 12.2 Å². The summed E-state index contributed by atoms with van der Waals surface area (Å²) in [7, 11) is 1.60. The van der Waals surface area contributed by atoms with Crippen molar-refractivity contribution in [3.63, 3.8) is 0 Å². The topological polar surface area (TPSA) is 84.1 Å². The van der Waals surface area contributed by atoms with E-state index in [4.69, 9.17) is 4.74 Å². The summed E-state index contributed by atoms with van der Waals surface area (Å²) < 4.78 is 5.09. The molecule has 24 heavy (non-hydrogen) atoms. The molecule has 0 spiro atoms. The number of hydrogen-bond donors (Lipinski definition) is 2. The Hall–Kier alpha value is -2.93. The van der Waals surface area contributed by atoms with Crippen molar-refractivity contribution in [3.05, 3.63) is 69.6 Å². The summed E-state index contributed by atoms with van der Waals surface area (Å²) in [5.41, 5.74) is 1.05. The van der Waals surface area contributed by atoms with Gasteiger partial charge in [-0.25, -0.2) is 4.79 Å². The molecule has 1 amide bonds. The van der Waals surface area contributed by atoms with Crippen molar-refractivity contribution in [2.24, 2.45) is 0 Å². The molecule has 7 heteroatoms. The van der Waals surface area contributed by atoms with Crippen LogP contribution in [0.1, 0.15) is 16.1 Å². The molecule has 0 aliphatic rings. The molecule has 2 aromatic heterocycles. The minimum Gasteiger partial charge on any atom is -0.497 e. The van der Waals surface area contributed by atoms with Gasteiger partial charge < -0.3 is 15.0 Å². The Kier molecular flexibility index (Phi) is 4.72. The second-order valence-electron chi connectivity index (χ2n) is 4.99. The average molecular weight is 341 g/mol. The molecule has 2 N–H and O–H groups in total. The zero-order valence-corrected chi connectivity index (χ0v) is 13.7. The maximum Gasteiger partial charge on any atom is 0.346 e. The van der Waals surface area contributed by atoms with E-state index >= 15 is 0 Å². The highest BCUT2D eigenvalue weighted by Gasteiger charge is 2.11. The number of benzene rings is 1. The standard InChI is InChI=1S/C17H15N3O3S/c1-23-12-6-4-11(5-7-12)10-18-16(21)14-9-13(19-17(22)20-14)15-3-2-8-24-15/h2-9H,10H2,1H3,(H,18,21)(H,19,20,22). The van der Waals surface area contributed by atoms with Crippen molar-refractivity contribution < 1.29 is 9.53 Å². The van der Waals surface area contributed by atoms with Gasteiger partial charge in [0.1, 0.15) is 11.4 Å². The molecule has 0 bridgehead atoms. The van der Waals surface area contributed by atoms with Gasteiger partial charge in [-0.15, -0.1) is 11.3 Å². The van der Waals surface area contributed by atoms with Crippen LogP contribution in [0.3, 0.4) is 0 Å². The second-order valence-corrected chi connectivity index (χ2v) is 5.94. The molecule has 0 unspecified atom stereocenters. The van der Waals surface area contributed by atoms with Crippen LogP contribution in [0.15, 0.2) is 52.6 Å². The Balaban J connectivity index is 1.73. The minimum atomic E-state index is -0.546. The van der Waals surface area contributed by atoms with Gasteiger partial charge in [-0.3, -0.25) is 4.79 Å². The summed E-state index contributed by atoms with van der Waals surface area (Å²) in [4.78, 5) is 31.2. The number of aromatic nitrogens is 2. The van der Waals surface area contributed by atoms with E-state index in [0.717, 1.165) is 16.2 Å². The van der Waals surface area contributed by atoms with E-state index in [2.05, 4.69) is 15.3 Å². The van der Waals surface area contributed by atoms with Crippen LogP contribution < -0.4 is 15.7 Å². The maximum atomic E-state index is 12.3. The van der Waals surface area contributed by atoms with Crippen molar-refractivity contribution in [1.82, 2.24) is 15.3 Å². The lowest BCUT2D eigenvalue weighted by atomic mass is 10.2. The summed E-state index contributed by atoms with van der Waals surface area (Å²) in [5.74, 6) is 0.358. The van der Waals surface area contributed by atoms with E-state index in [-0.39, 0.29) is 5.69 Å². The van der Waals surface area contributed by atoms with Crippen LogP contribution in [0.25, 0.3) is 10.6 Å². The summed E-state index contributed by atoms with van der Waals surface area (Å²) in [6.07, 6.45) is 0. The third kappa shape index (κ3) is 3.69. The highest BCUT2D eigenvalue weighted by Crippen LogP contribution is 2.21. The predicted molar refractivity (Wildman–Crippen MR) is 92.3 cm³/mol. The Bertz CT molecular complexity index is 886. The van der Waals surface area contributed by atoms with Crippen LogP contribution in [0, 0.1) is 0 Å². The van der Waals surface area contributed by atoms with Gasteiger partial charge in [-0.1, -0.05) is 18.2 Å². The lowest BCUT2D eigenvalue weighted by Gasteiger charge is -2.06. The van der Waals surface area contributed by atoms with Crippen LogP contribution in [-0.2, 0) is 6.54 Å². The molecule has 0 aliphatic carbocycles. The molecular weight excluding hydrogens is 326 g/mol. The number of hydrogen-bond acceptors (Lipinski definition) is 5. The highest BCUT2D eigenvalue weighted by molar-refractivity contribution is 7.13. The first kappa shape index (κ1) is 15.9. The number of thiophene rings is 1. The second kappa shape index (κ2) is 7.10. The number of nitrogens with zero attached hydrogens (tertiary/aromatic N) is 1. The van der Waals surface area contributed by atoms with Gasteiger partial charge in [-0.2, -0.15) is 4.98 Å². The molecule has 0 radical (unpaired) electrons. The Morgan fingerprint density at radius 2 is 2.08 bits per heavy atom. The SMILES string of the molecule is COc1ccc(CNC(=O)c2cc(-c3cccs3)[nH]c(=O)n2)cc1. The monoisotopic (exact) mass is 341 g/mol. The smallest absolute Gasteiger partial charge is 0.346 e. The number of carbonyl (C=O) groups is 1. The molecule has 0 saturated carbocycles. The Morgan fingerprint density at radius 1 is 1.29 bits per heavy atom. The fourth-order valence-electron chi connectivity index (χ4n) is 2.15. The number of rotatable bonds is 5. The van der Waals surface area contributed by atoms with Gasteiger partial charge >= 0.3 is 5.69 Å². The predicted octanol–water partition coefficient (Wildman–Crippen LogP) is 2.44. The zero-order chi connectivity index (χ0) is 16.9. The Labute approximate surface area is 142 Å². The minimum absolute atomic E-state index is 0.0932. The lowest BCUT2D eigenvalue weighted by molar-refractivity contribution is 0.0945. The molecule has 0 aliphatic heterocycles. The molecule has 0 saturated heterocycles. The van der Waals surface area contributed by atoms with Gasteiger partial charge in [-0.05, 0) is 35.2 Å². The molecule has 3 rings (SSSR count). The van der Waals surface area contributed by atoms with E-state index in [9.17, 15) is 9.59 Å². The van der Waals surface area contributed by atoms with Crippen molar-refractivity contribution in [1.29, 1.82) is 0 Å². The number of amides is 1. The van der Waals surface area contributed by atoms with Gasteiger partial charge in [0.15, 0.2) is 0 Å². The number of carbonyl (C=O) groups excluding carboxylic acids is 1. The molecule has 2 heterocycles. The molecule has 6 nitrogen and oxygen atoms in total. The summed E-state index contributed by atoms with van der Waals surface area (Å²) >= 11 is 1.48. The van der Waals surface area contributed by atoms with E-state index < -0.39 is 11.6 Å². The van der Waals surface area contributed by atoms with Crippen LogP contribution >= 0.6 is 11.3 Å². The normalized spacial score (nSPS) is 10.4. The van der Waals surface area contributed by atoms with E-state index in [1.165, 1.54) is 11.3 Å². The number of ether oxygens (including phenoxy) is 1. The van der Waals surface area contributed by atoms with Gasteiger partial charge in [0.2, 0.25) is 0 Å². The van der Waals surface area contributed by atoms with Gasteiger partial charge in [0, 0.05) is 6.54 Å². The number of H-pyrrole nitrogens is 1. The summed E-state index contributed by atoms with van der Waals surface area (Å²) in [6, 6.07) is 12.7. The largest absolute Gasteiger partial charge is 0.497 e. The average Bonchev–Trinajstić information content (AvgIpc) is 3.14. The van der Waals surface area contributed by atoms with Crippen LogP contribution in [0.4, 0.5) is 0 Å². The first-order chi connectivity index (χ1) is 11.7. The van der Waals surface area contributed by atoms with Crippen LogP contribution in [0.2, 0.25) is 0 Å². The van der Waals surface area contributed by atoms with Crippen molar-refractivity contribution >= 4 is 17.2 Å². The molecule has 3 aromatic rings. The lowest BCUT2D eigenvalue weighted by Crippen LogP contribution is -2.27. The quantitative estimate of drug-likeness (QED) is 0.746. The third-order valence-electron chi connectivity index (χ3n) is 3.38. The molecular formula is C17H15N3O3S. The molecule has 0 fully saturated rings. The summed E-state index contributed by atoms with van der Waals surface area (Å²) in [6.45, 7) is 0.339. The number of methoxy groups -OCH3 is 1. The van der Waals surface area contributed by atoms with E-state index in [1.807, 2.05) is 41.8 Å². The van der Waals surface area contributed by atoms with Gasteiger partial charge in [0.25, 0.3) is 5.91 Å². The van der Waals surface area contributed by atoms with Gasteiger partial charge in [0.05, 0.1) is 17.7 Å². The van der Waals surface area contributed by atoms with Crippen molar-refractivity contribution in [2.75, 3.05) is 7.11 Å². The van der Waals surface area contributed by atoms with E-state index in [1.54, 1.807) is 13.2 Å². The fourth-order valence-corrected chi connectivity index (χ4v) is 2.85. The number of aromatic amines is 1. The molecule has 1 aromatic carbocycles. The summed E-state index contributed by atoms with van der Waals surface area (Å²) in [5, 5.41) is 4.66. The highest BCUT2D eigenvalue weighted by atomic mass is 32.1. The Morgan fingerprint density at radius 3 is 2.75 bits per heavy atom. The molecule has 0 atom stereocenters.